The number of nitrogens with zero attached hydrogens (tertiary/aromatic N) is 1. The summed E-state index contributed by atoms with van der Waals surface area (Å²) in [6.07, 6.45) is 2.59. The van der Waals surface area contributed by atoms with Crippen LogP contribution in [0.4, 0.5) is 0 Å². The second-order valence-electron chi connectivity index (χ2n) is 7.21. The Morgan fingerprint density at radius 2 is 2.17 bits per heavy atom. The van der Waals surface area contributed by atoms with Crippen molar-refractivity contribution in [3.63, 3.8) is 0 Å². The van der Waals surface area contributed by atoms with Crippen molar-refractivity contribution in [2.75, 3.05) is 6.54 Å². The van der Waals surface area contributed by atoms with Gasteiger partial charge in [0.15, 0.2) is 0 Å². The number of hydrogen-bond acceptors (Lipinski definition) is 3. The number of amides is 1. The lowest BCUT2D eigenvalue weighted by Gasteiger charge is -2.36. The molecule has 24 heavy (non-hydrogen) atoms. The average molecular weight is 351 g/mol. The highest BCUT2D eigenvalue weighted by molar-refractivity contribution is 6.31. The number of fused-ring (bicyclic) bond motifs is 1. The molecule has 1 heterocycles. The maximum absolute atomic E-state index is 12.6. The first-order valence-electron chi connectivity index (χ1n) is 8.20. The van der Waals surface area contributed by atoms with E-state index in [-0.39, 0.29) is 17.0 Å². The molecule has 6 nitrogen and oxygen atoms in total. The fourth-order valence-corrected chi connectivity index (χ4v) is 3.76. The van der Waals surface area contributed by atoms with Crippen molar-refractivity contribution in [3.8, 4) is 0 Å². The smallest absolute Gasteiger partial charge is 0.326 e. The number of hydrogen-bond donors (Lipinski definition) is 3. The molecule has 4 N–H and O–H groups in total. The number of carbonyl (C=O) groups excluding carboxylic acids is 1. The number of H-pyrrole nitrogens is 1. The molecule has 0 radical (unpaired) electrons. The molecule has 1 unspecified atom stereocenters. The van der Waals surface area contributed by atoms with Gasteiger partial charge in [-0.15, -0.1) is 0 Å². The summed E-state index contributed by atoms with van der Waals surface area (Å²) in [5.74, 6) is -0.138. The van der Waals surface area contributed by atoms with Crippen molar-refractivity contribution >= 4 is 28.5 Å². The Morgan fingerprint density at radius 1 is 1.42 bits per heavy atom. The Balaban J connectivity index is 1.70. The van der Waals surface area contributed by atoms with Crippen molar-refractivity contribution in [1.29, 1.82) is 0 Å². The minimum atomic E-state index is -0.842. The van der Waals surface area contributed by atoms with Crippen LogP contribution in [0.5, 0.6) is 0 Å². The van der Waals surface area contributed by atoms with E-state index in [1.54, 1.807) is 22.8 Å². The van der Waals surface area contributed by atoms with E-state index in [1.807, 2.05) is 13.8 Å². The summed E-state index contributed by atoms with van der Waals surface area (Å²) in [7, 11) is 0. The quantitative estimate of drug-likeness (QED) is 0.787. The molecule has 1 saturated carbocycles. The molecule has 7 heteroatoms. The van der Waals surface area contributed by atoms with Gasteiger partial charge in [-0.3, -0.25) is 9.36 Å². The predicted octanol–water partition coefficient (Wildman–Crippen LogP) is 2.01. The van der Waals surface area contributed by atoms with E-state index in [0.717, 1.165) is 18.4 Å². The maximum Gasteiger partial charge on any atom is 0.326 e. The van der Waals surface area contributed by atoms with Crippen LogP contribution in [0, 0.1) is 5.41 Å². The monoisotopic (exact) mass is 350 g/mol. The number of nitrogens with two attached hydrogens (primary N) is 1. The number of nitrogens with one attached hydrogen (secondary N) is 2. The number of carbonyl (C=O) groups is 1. The Labute approximate surface area is 145 Å². The van der Waals surface area contributed by atoms with E-state index in [4.69, 9.17) is 17.3 Å². The summed E-state index contributed by atoms with van der Waals surface area (Å²) in [6.45, 7) is 4.80. The minimum absolute atomic E-state index is 0.138. The molecule has 0 saturated heterocycles. The van der Waals surface area contributed by atoms with E-state index in [2.05, 4.69) is 10.3 Å². The van der Waals surface area contributed by atoms with Crippen LogP contribution in [-0.4, -0.2) is 27.5 Å². The summed E-state index contributed by atoms with van der Waals surface area (Å²) in [5, 5.41) is 3.47. The summed E-state index contributed by atoms with van der Waals surface area (Å²) >= 11 is 5.94. The number of halogens is 1. The molecule has 0 bridgehead atoms. The van der Waals surface area contributed by atoms with Crippen molar-refractivity contribution in [2.24, 2.45) is 11.1 Å². The molecule has 1 fully saturated rings. The van der Waals surface area contributed by atoms with Gasteiger partial charge in [0.05, 0.1) is 11.0 Å². The SMILES string of the molecule is CC1(C)CCCC1(N)C(=O)NCCn1c(=O)[nH]c2cc(Cl)ccc21. The van der Waals surface area contributed by atoms with Crippen LogP contribution in [0.3, 0.4) is 0 Å². The summed E-state index contributed by atoms with van der Waals surface area (Å²) in [6, 6.07) is 5.24. The molecule has 1 aromatic heterocycles. The molecular weight excluding hydrogens is 328 g/mol. The van der Waals surface area contributed by atoms with Gasteiger partial charge in [-0.2, -0.15) is 0 Å². The van der Waals surface area contributed by atoms with Crippen LogP contribution in [-0.2, 0) is 11.3 Å². The third-order valence-electron chi connectivity index (χ3n) is 5.34. The third kappa shape index (κ3) is 2.74. The van der Waals surface area contributed by atoms with Gasteiger partial charge in [0, 0.05) is 18.1 Å². The van der Waals surface area contributed by atoms with Crippen molar-refractivity contribution in [1.82, 2.24) is 14.9 Å². The van der Waals surface area contributed by atoms with Gasteiger partial charge in [0.1, 0.15) is 5.54 Å². The molecule has 0 aliphatic heterocycles. The normalized spacial score (nSPS) is 22.8. The molecule has 2 aromatic rings. The van der Waals surface area contributed by atoms with Crippen LogP contribution in [0.25, 0.3) is 11.0 Å². The second-order valence-corrected chi connectivity index (χ2v) is 7.64. The van der Waals surface area contributed by atoms with E-state index < -0.39 is 5.54 Å². The van der Waals surface area contributed by atoms with Gasteiger partial charge >= 0.3 is 5.69 Å². The number of aromatic amines is 1. The zero-order valence-corrected chi connectivity index (χ0v) is 14.7. The Hall–Kier alpha value is -1.79. The second kappa shape index (κ2) is 5.93. The van der Waals surface area contributed by atoms with E-state index >= 15 is 0 Å². The fraction of sp³-hybridized carbons (Fsp3) is 0.529. The molecule has 1 aliphatic rings. The highest BCUT2D eigenvalue weighted by Crippen LogP contribution is 2.44. The van der Waals surface area contributed by atoms with Gasteiger partial charge in [-0.1, -0.05) is 31.9 Å². The fourth-order valence-electron chi connectivity index (χ4n) is 3.59. The molecule has 130 valence electrons. The minimum Gasteiger partial charge on any atom is -0.353 e. The van der Waals surface area contributed by atoms with Gasteiger partial charge < -0.3 is 16.0 Å². The van der Waals surface area contributed by atoms with E-state index in [9.17, 15) is 9.59 Å². The first-order chi connectivity index (χ1) is 11.2. The summed E-state index contributed by atoms with van der Waals surface area (Å²) in [5.41, 5.74) is 6.55. The van der Waals surface area contributed by atoms with Crippen molar-refractivity contribution < 1.29 is 4.79 Å². The topological polar surface area (TPSA) is 92.9 Å². The Morgan fingerprint density at radius 3 is 2.83 bits per heavy atom. The molecule has 1 aliphatic carbocycles. The van der Waals surface area contributed by atoms with E-state index in [0.29, 0.717) is 30.0 Å². The highest BCUT2D eigenvalue weighted by atomic mass is 35.5. The summed E-state index contributed by atoms with van der Waals surface area (Å²) in [4.78, 5) is 27.4. The largest absolute Gasteiger partial charge is 0.353 e. The average Bonchev–Trinajstić information content (AvgIpc) is 2.96. The number of benzene rings is 1. The van der Waals surface area contributed by atoms with Crippen LogP contribution in [0.1, 0.15) is 33.1 Å². The molecule has 1 atom stereocenters. The molecule has 3 rings (SSSR count). The third-order valence-corrected chi connectivity index (χ3v) is 5.58. The maximum atomic E-state index is 12.6. The standard InChI is InChI=1S/C17H23ClN4O2/c1-16(2)6-3-7-17(16,19)14(23)20-8-9-22-13-5-4-11(18)10-12(13)21-15(22)24/h4-5,10H,3,6-9,19H2,1-2H3,(H,20,23)(H,21,24). The van der Waals surface area contributed by atoms with Gasteiger partial charge in [-0.25, -0.2) is 4.79 Å². The Bertz CT molecular complexity index is 839. The number of aromatic nitrogens is 2. The number of rotatable bonds is 4. The number of imidazole rings is 1. The Kier molecular flexibility index (Phi) is 4.21. The zero-order valence-electron chi connectivity index (χ0n) is 14.0. The van der Waals surface area contributed by atoms with Crippen LogP contribution < -0.4 is 16.7 Å². The molecule has 1 aromatic carbocycles. The molecule has 1 amide bonds. The first kappa shape index (κ1) is 17.0. The van der Waals surface area contributed by atoms with E-state index in [1.165, 1.54) is 0 Å². The van der Waals surface area contributed by atoms with Crippen LogP contribution in [0.15, 0.2) is 23.0 Å². The van der Waals surface area contributed by atoms with Gasteiger partial charge in [0.2, 0.25) is 5.91 Å². The lowest BCUT2D eigenvalue weighted by Crippen LogP contribution is -2.60. The lowest BCUT2D eigenvalue weighted by atomic mass is 9.75. The predicted molar refractivity (Wildman–Crippen MR) is 95.1 cm³/mol. The van der Waals surface area contributed by atoms with Gasteiger partial charge in [0.25, 0.3) is 0 Å². The highest BCUT2D eigenvalue weighted by Gasteiger charge is 2.51. The van der Waals surface area contributed by atoms with Gasteiger partial charge in [-0.05, 0) is 36.5 Å². The van der Waals surface area contributed by atoms with Crippen LogP contribution in [0.2, 0.25) is 5.02 Å². The summed E-state index contributed by atoms with van der Waals surface area (Å²) < 4.78 is 1.59. The van der Waals surface area contributed by atoms with Crippen LogP contribution >= 0.6 is 11.6 Å². The zero-order chi connectivity index (χ0) is 17.5. The first-order valence-corrected chi connectivity index (χ1v) is 8.58. The lowest BCUT2D eigenvalue weighted by molar-refractivity contribution is -0.129. The van der Waals surface area contributed by atoms with Crippen molar-refractivity contribution in [3.05, 3.63) is 33.7 Å². The van der Waals surface area contributed by atoms with Crippen molar-refractivity contribution in [2.45, 2.75) is 45.2 Å². The molecule has 0 spiro atoms. The molecular formula is C17H23ClN4O2.